The molecule has 0 radical (unpaired) electrons. The number of anilines is 1. The largest absolute Gasteiger partial charge is 0.477 e. The third-order valence-electron chi connectivity index (χ3n) is 4.89. The van der Waals surface area contributed by atoms with Crippen molar-refractivity contribution >= 4 is 11.6 Å². The molecule has 0 aliphatic rings. The van der Waals surface area contributed by atoms with Gasteiger partial charge in [0.25, 0.3) is 0 Å². The van der Waals surface area contributed by atoms with Crippen LogP contribution < -0.4 is 10.1 Å². The second-order valence-corrected chi connectivity index (χ2v) is 7.01. The molecular formula is C26H23N3O2. The van der Waals surface area contributed by atoms with Gasteiger partial charge in [-0.2, -0.15) is 0 Å². The summed E-state index contributed by atoms with van der Waals surface area (Å²) in [5.41, 5.74) is 4.17. The van der Waals surface area contributed by atoms with Crippen LogP contribution in [0, 0.1) is 0 Å². The Kier molecular flexibility index (Phi) is 6.33. The van der Waals surface area contributed by atoms with Crippen molar-refractivity contribution in [3.8, 4) is 17.1 Å². The molecule has 5 heteroatoms. The zero-order valence-corrected chi connectivity index (χ0v) is 17.2. The first-order valence-electron chi connectivity index (χ1n) is 10.2. The number of carbonyl (C=O) groups is 1. The van der Waals surface area contributed by atoms with E-state index < -0.39 is 5.92 Å². The molecule has 1 N–H and O–H groups in total. The highest BCUT2D eigenvalue weighted by Crippen LogP contribution is 2.27. The maximum atomic E-state index is 13.3. The Bertz CT molecular complexity index is 1090. The third-order valence-corrected chi connectivity index (χ3v) is 4.89. The van der Waals surface area contributed by atoms with Crippen LogP contribution in [0.4, 0.5) is 5.69 Å². The number of hydrogen-bond acceptors (Lipinski definition) is 4. The van der Waals surface area contributed by atoms with Gasteiger partial charge in [0, 0.05) is 17.3 Å². The lowest BCUT2D eigenvalue weighted by molar-refractivity contribution is -0.116. The quantitative estimate of drug-likeness (QED) is 0.449. The maximum Gasteiger partial charge on any atom is 0.236 e. The Morgan fingerprint density at radius 3 is 2.10 bits per heavy atom. The fourth-order valence-electron chi connectivity index (χ4n) is 3.46. The van der Waals surface area contributed by atoms with E-state index in [1.54, 1.807) is 6.07 Å². The van der Waals surface area contributed by atoms with Gasteiger partial charge in [-0.1, -0.05) is 72.8 Å². The summed E-state index contributed by atoms with van der Waals surface area (Å²) in [7, 11) is 0. The van der Waals surface area contributed by atoms with E-state index in [2.05, 4.69) is 15.5 Å². The highest BCUT2D eigenvalue weighted by atomic mass is 16.5. The van der Waals surface area contributed by atoms with Gasteiger partial charge in [-0.05, 0) is 36.2 Å². The van der Waals surface area contributed by atoms with Crippen LogP contribution >= 0.6 is 0 Å². The van der Waals surface area contributed by atoms with Gasteiger partial charge in [-0.15, -0.1) is 10.2 Å². The normalized spacial score (nSPS) is 10.6. The van der Waals surface area contributed by atoms with Crippen LogP contribution in [-0.4, -0.2) is 22.7 Å². The summed E-state index contributed by atoms with van der Waals surface area (Å²) in [6, 6.07) is 30.8. The first-order chi connectivity index (χ1) is 15.2. The van der Waals surface area contributed by atoms with E-state index in [4.69, 9.17) is 4.74 Å². The highest BCUT2D eigenvalue weighted by Gasteiger charge is 2.22. The number of nitrogens with one attached hydrogen (secondary N) is 1. The highest BCUT2D eigenvalue weighted by molar-refractivity contribution is 5.98. The van der Waals surface area contributed by atoms with Crippen LogP contribution in [0.3, 0.4) is 0 Å². The zero-order chi connectivity index (χ0) is 21.5. The molecule has 0 atom stereocenters. The molecule has 0 spiro atoms. The van der Waals surface area contributed by atoms with Crippen molar-refractivity contribution < 1.29 is 9.53 Å². The molecule has 0 aliphatic heterocycles. The molecule has 4 rings (SSSR count). The van der Waals surface area contributed by atoms with E-state index >= 15 is 0 Å². The molecule has 1 aromatic heterocycles. The smallest absolute Gasteiger partial charge is 0.236 e. The number of benzene rings is 3. The molecule has 0 unspecified atom stereocenters. The van der Waals surface area contributed by atoms with Crippen molar-refractivity contribution in [2.45, 2.75) is 12.8 Å². The Morgan fingerprint density at radius 1 is 0.839 bits per heavy atom. The minimum absolute atomic E-state index is 0.0904. The van der Waals surface area contributed by atoms with Crippen molar-refractivity contribution in [1.29, 1.82) is 0 Å². The first-order valence-corrected chi connectivity index (χ1v) is 10.2. The van der Waals surface area contributed by atoms with Crippen LogP contribution in [0.25, 0.3) is 11.3 Å². The fraction of sp³-hybridized carbons (Fsp3) is 0.115. The Morgan fingerprint density at radius 2 is 1.52 bits per heavy atom. The third kappa shape index (κ3) is 4.95. The van der Waals surface area contributed by atoms with E-state index in [0.29, 0.717) is 23.9 Å². The van der Waals surface area contributed by atoms with Crippen molar-refractivity contribution in [1.82, 2.24) is 10.2 Å². The van der Waals surface area contributed by atoms with Crippen LogP contribution in [0.2, 0.25) is 0 Å². The summed E-state index contributed by atoms with van der Waals surface area (Å²) in [6.07, 6.45) is 0. The van der Waals surface area contributed by atoms with Crippen molar-refractivity contribution in [3.63, 3.8) is 0 Å². The number of hydrogen-bond donors (Lipinski definition) is 1. The zero-order valence-electron chi connectivity index (χ0n) is 17.2. The second-order valence-electron chi connectivity index (χ2n) is 7.01. The summed E-state index contributed by atoms with van der Waals surface area (Å²) >= 11 is 0. The van der Waals surface area contributed by atoms with Crippen LogP contribution in [0.1, 0.15) is 24.0 Å². The molecule has 0 aliphatic carbocycles. The second kappa shape index (κ2) is 9.67. The molecule has 0 fully saturated rings. The molecule has 5 nitrogen and oxygen atoms in total. The Hall–Kier alpha value is -3.99. The molecule has 0 saturated heterocycles. The van der Waals surface area contributed by atoms with Gasteiger partial charge in [-0.25, -0.2) is 0 Å². The number of ether oxygens (including phenoxy) is 1. The lowest BCUT2D eigenvalue weighted by atomic mass is 9.90. The van der Waals surface area contributed by atoms with Gasteiger partial charge in [0.15, 0.2) is 0 Å². The van der Waals surface area contributed by atoms with Gasteiger partial charge in [0.2, 0.25) is 11.8 Å². The summed E-state index contributed by atoms with van der Waals surface area (Å²) in [5.74, 6) is -0.00655. The summed E-state index contributed by atoms with van der Waals surface area (Å²) in [5, 5.41) is 11.4. The first kappa shape index (κ1) is 20.3. The van der Waals surface area contributed by atoms with Gasteiger partial charge < -0.3 is 10.1 Å². The number of rotatable bonds is 7. The van der Waals surface area contributed by atoms with Gasteiger partial charge in [0.1, 0.15) is 0 Å². The molecule has 154 valence electrons. The average Bonchev–Trinajstić information content (AvgIpc) is 2.82. The number of nitrogens with zero attached hydrogens (tertiary/aromatic N) is 2. The molecular weight excluding hydrogens is 386 g/mol. The lowest BCUT2D eigenvalue weighted by Gasteiger charge is -2.18. The van der Waals surface area contributed by atoms with Gasteiger partial charge >= 0.3 is 0 Å². The number of carbonyl (C=O) groups excluding carboxylic acids is 1. The topological polar surface area (TPSA) is 64.1 Å². The van der Waals surface area contributed by atoms with Gasteiger partial charge in [-0.3, -0.25) is 4.79 Å². The Labute approximate surface area is 181 Å². The lowest BCUT2D eigenvalue weighted by Crippen LogP contribution is -2.22. The summed E-state index contributed by atoms with van der Waals surface area (Å²) < 4.78 is 5.35. The Balaban J connectivity index is 1.59. The minimum atomic E-state index is -0.406. The molecule has 0 bridgehead atoms. The van der Waals surface area contributed by atoms with E-state index in [1.165, 1.54) is 0 Å². The van der Waals surface area contributed by atoms with E-state index in [0.717, 1.165) is 16.7 Å². The molecule has 3 aromatic carbocycles. The SMILES string of the molecule is CCOc1ccc(-c2cccc(NC(=O)C(c3ccccc3)c3ccccc3)c2)nn1. The van der Waals surface area contributed by atoms with E-state index in [1.807, 2.05) is 97.9 Å². The van der Waals surface area contributed by atoms with Crippen LogP contribution in [0.15, 0.2) is 97.1 Å². The molecule has 0 saturated carbocycles. The van der Waals surface area contributed by atoms with Crippen molar-refractivity contribution in [2.75, 3.05) is 11.9 Å². The monoisotopic (exact) mass is 409 g/mol. The van der Waals surface area contributed by atoms with Crippen molar-refractivity contribution in [2.24, 2.45) is 0 Å². The maximum absolute atomic E-state index is 13.3. The number of aromatic nitrogens is 2. The summed E-state index contributed by atoms with van der Waals surface area (Å²) in [4.78, 5) is 13.3. The van der Waals surface area contributed by atoms with Crippen LogP contribution in [-0.2, 0) is 4.79 Å². The predicted molar refractivity (Wildman–Crippen MR) is 122 cm³/mol. The fourth-order valence-corrected chi connectivity index (χ4v) is 3.46. The minimum Gasteiger partial charge on any atom is -0.477 e. The standard InChI is InChI=1S/C26H23N3O2/c1-2-31-24-17-16-23(28-29-24)21-14-9-15-22(18-21)27-26(30)25(19-10-5-3-6-11-19)20-12-7-4-8-13-20/h3-18,25H,2H2,1H3,(H,27,30). The van der Waals surface area contributed by atoms with Crippen LogP contribution in [0.5, 0.6) is 5.88 Å². The summed E-state index contributed by atoms with van der Waals surface area (Å²) in [6.45, 7) is 2.44. The van der Waals surface area contributed by atoms with E-state index in [-0.39, 0.29) is 5.91 Å². The van der Waals surface area contributed by atoms with E-state index in [9.17, 15) is 4.79 Å². The molecule has 1 amide bonds. The molecule has 4 aromatic rings. The average molecular weight is 409 g/mol. The molecule has 31 heavy (non-hydrogen) atoms. The predicted octanol–water partition coefficient (Wildman–Crippen LogP) is 5.31. The van der Waals surface area contributed by atoms with Gasteiger partial charge in [0.05, 0.1) is 18.2 Å². The van der Waals surface area contributed by atoms with Crippen molar-refractivity contribution in [3.05, 3.63) is 108 Å². The molecule has 1 heterocycles. The number of amides is 1.